The first-order valence-corrected chi connectivity index (χ1v) is 7.60. The van der Waals surface area contributed by atoms with Crippen LogP contribution in [-0.2, 0) is 11.3 Å². The molecule has 18 heavy (non-hydrogen) atoms. The number of aryl methyl sites for hydroxylation is 1. The molecule has 4 nitrogen and oxygen atoms in total. The van der Waals surface area contributed by atoms with Gasteiger partial charge in [-0.2, -0.15) is 0 Å². The predicted octanol–water partition coefficient (Wildman–Crippen LogP) is 1.40. The van der Waals surface area contributed by atoms with E-state index in [-0.39, 0.29) is 0 Å². The number of hydrogen-bond acceptors (Lipinski definition) is 5. The van der Waals surface area contributed by atoms with Gasteiger partial charge in [-0.15, -0.1) is 11.3 Å². The van der Waals surface area contributed by atoms with E-state index >= 15 is 0 Å². The molecule has 2 aliphatic rings. The third-order valence-electron chi connectivity index (χ3n) is 3.80. The van der Waals surface area contributed by atoms with E-state index in [1.165, 1.54) is 24.3 Å². The second kappa shape index (κ2) is 5.65. The minimum absolute atomic E-state index is 0.355. The van der Waals surface area contributed by atoms with E-state index in [9.17, 15) is 0 Å². The molecule has 3 rings (SSSR count). The summed E-state index contributed by atoms with van der Waals surface area (Å²) in [6.07, 6.45) is 4.98. The number of fused-ring (bicyclic) bond motifs is 1. The van der Waals surface area contributed by atoms with Crippen LogP contribution in [0.25, 0.3) is 0 Å². The van der Waals surface area contributed by atoms with E-state index in [0.717, 1.165) is 31.2 Å². The van der Waals surface area contributed by atoms with E-state index < -0.39 is 0 Å². The standard InChI is InChI=1S/C13H21N3OS/c1-10-15-7-13(18-10)6-14-5-12-8-16-4-2-3-11(16)9-17-12/h7,11-12,14H,2-6,8-9H2,1H3. The van der Waals surface area contributed by atoms with Crippen molar-refractivity contribution in [3.8, 4) is 0 Å². The molecule has 100 valence electrons. The summed E-state index contributed by atoms with van der Waals surface area (Å²) in [5, 5.41) is 4.62. The molecule has 2 saturated heterocycles. The lowest BCUT2D eigenvalue weighted by Gasteiger charge is -2.35. The Morgan fingerprint density at radius 1 is 1.61 bits per heavy atom. The molecule has 0 amide bonds. The Morgan fingerprint density at radius 3 is 3.39 bits per heavy atom. The fourth-order valence-electron chi connectivity index (χ4n) is 2.85. The van der Waals surface area contributed by atoms with E-state index in [4.69, 9.17) is 4.74 Å². The molecule has 3 heterocycles. The Morgan fingerprint density at radius 2 is 2.56 bits per heavy atom. The summed E-state index contributed by atoms with van der Waals surface area (Å²) in [4.78, 5) is 8.16. The number of rotatable bonds is 4. The molecule has 2 fully saturated rings. The van der Waals surface area contributed by atoms with E-state index in [0.29, 0.717) is 12.1 Å². The third-order valence-corrected chi connectivity index (χ3v) is 4.71. The average molecular weight is 267 g/mol. The molecule has 0 bridgehead atoms. The van der Waals surface area contributed by atoms with Gasteiger partial charge in [0.15, 0.2) is 0 Å². The van der Waals surface area contributed by atoms with Gasteiger partial charge in [0.05, 0.1) is 17.7 Å². The van der Waals surface area contributed by atoms with Crippen LogP contribution in [0, 0.1) is 6.92 Å². The van der Waals surface area contributed by atoms with Gasteiger partial charge in [-0.05, 0) is 26.3 Å². The third kappa shape index (κ3) is 2.91. The molecule has 1 aromatic heterocycles. The summed E-state index contributed by atoms with van der Waals surface area (Å²) in [6.45, 7) is 7.19. The Kier molecular flexibility index (Phi) is 3.94. The van der Waals surface area contributed by atoms with Crippen LogP contribution < -0.4 is 5.32 Å². The molecule has 2 unspecified atom stereocenters. The summed E-state index contributed by atoms with van der Waals surface area (Å²) < 4.78 is 5.92. The zero-order chi connectivity index (χ0) is 12.4. The summed E-state index contributed by atoms with van der Waals surface area (Å²) in [7, 11) is 0. The van der Waals surface area contributed by atoms with Gasteiger partial charge in [-0.25, -0.2) is 4.98 Å². The molecule has 0 aromatic carbocycles. The lowest BCUT2D eigenvalue weighted by atomic mass is 10.2. The van der Waals surface area contributed by atoms with Crippen molar-refractivity contribution in [1.29, 1.82) is 0 Å². The number of hydrogen-bond donors (Lipinski definition) is 1. The van der Waals surface area contributed by atoms with Crippen LogP contribution >= 0.6 is 11.3 Å². The maximum Gasteiger partial charge on any atom is 0.0897 e. The molecule has 1 aromatic rings. The van der Waals surface area contributed by atoms with Crippen LogP contribution in [0.4, 0.5) is 0 Å². The topological polar surface area (TPSA) is 37.4 Å². The SMILES string of the molecule is Cc1ncc(CNCC2CN3CCCC3CO2)s1. The van der Waals surface area contributed by atoms with Gasteiger partial charge in [-0.3, -0.25) is 4.90 Å². The molecular weight excluding hydrogens is 246 g/mol. The van der Waals surface area contributed by atoms with Crippen molar-refractivity contribution in [3.05, 3.63) is 16.1 Å². The van der Waals surface area contributed by atoms with Crippen LogP contribution in [0.3, 0.4) is 0 Å². The molecule has 2 aliphatic heterocycles. The zero-order valence-corrected chi connectivity index (χ0v) is 11.7. The predicted molar refractivity (Wildman–Crippen MR) is 72.9 cm³/mol. The lowest BCUT2D eigenvalue weighted by molar-refractivity contribution is -0.0470. The first-order chi connectivity index (χ1) is 8.81. The number of nitrogens with zero attached hydrogens (tertiary/aromatic N) is 2. The number of morpholine rings is 1. The molecule has 2 atom stereocenters. The highest BCUT2D eigenvalue weighted by atomic mass is 32.1. The molecular formula is C13H21N3OS. The van der Waals surface area contributed by atoms with Crippen molar-refractivity contribution >= 4 is 11.3 Å². The smallest absolute Gasteiger partial charge is 0.0897 e. The van der Waals surface area contributed by atoms with Crippen molar-refractivity contribution in [2.75, 3.05) is 26.2 Å². The quantitative estimate of drug-likeness (QED) is 0.895. The lowest BCUT2D eigenvalue weighted by Crippen LogP contribution is -2.49. The van der Waals surface area contributed by atoms with Crippen LogP contribution in [0.5, 0.6) is 0 Å². The van der Waals surface area contributed by atoms with Gasteiger partial charge in [0.1, 0.15) is 0 Å². The highest BCUT2D eigenvalue weighted by Crippen LogP contribution is 2.22. The first-order valence-electron chi connectivity index (χ1n) is 6.79. The Hall–Kier alpha value is -0.490. The minimum Gasteiger partial charge on any atom is -0.374 e. The summed E-state index contributed by atoms with van der Waals surface area (Å²) in [6, 6.07) is 0.699. The molecule has 0 radical (unpaired) electrons. The zero-order valence-electron chi connectivity index (χ0n) is 10.9. The fraction of sp³-hybridized carbons (Fsp3) is 0.769. The highest BCUT2D eigenvalue weighted by molar-refractivity contribution is 7.11. The molecule has 0 aliphatic carbocycles. The largest absolute Gasteiger partial charge is 0.374 e. The molecule has 5 heteroatoms. The van der Waals surface area contributed by atoms with Gasteiger partial charge in [0.2, 0.25) is 0 Å². The average Bonchev–Trinajstić information content (AvgIpc) is 2.97. The first kappa shape index (κ1) is 12.5. The molecule has 1 N–H and O–H groups in total. The Labute approximate surface area is 112 Å². The second-order valence-corrected chi connectivity index (χ2v) is 6.54. The van der Waals surface area contributed by atoms with Gasteiger partial charge >= 0.3 is 0 Å². The maximum atomic E-state index is 5.92. The van der Waals surface area contributed by atoms with Gasteiger partial charge < -0.3 is 10.1 Å². The maximum absolute atomic E-state index is 5.92. The van der Waals surface area contributed by atoms with Gasteiger partial charge in [0.25, 0.3) is 0 Å². The van der Waals surface area contributed by atoms with Gasteiger partial charge in [-0.1, -0.05) is 0 Å². The Balaban J connectivity index is 1.41. The normalized spacial score (nSPS) is 28.5. The Bertz CT molecular complexity index is 395. The number of thiazole rings is 1. The van der Waals surface area contributed by atoms with Crippen molar-refractivity contribution in [2.45, 2.75) is 38.5 Å². The minimum atomic E-state index is 0.355. The highest BCUT2D eigenvalue weighted by Gasteiger charge is 2.31. The van der Waals surface area contributed by atoms with Gasteiger partial charge in [0, 0.05) is 36.8 Å². The number of nitrogens with one attached hydrogen (secondary N) is 1. The monoisotopic (exact) mass is 267 g/mol. The van der Waals surface area contributed by atoms with E-state index in [2.05, 4.69) is 15.2 Å². The van der Waals surface area contributed by atoms with Crippen LogP contribution in [0.2, 0.25) is 0 Å². The van der Waals surface area contributed by atoms with Crippen LogP contribution in [0.1, 0.15) is 22.7 Å². The summed E-state index contributed by atoms with van der Waals surface area (Å²) in [5.41, 5.74) is 0. The number of ether oxygens (including phenoxy) is 1. The number of aromatic nitrogens is 1. The van der Waals surface area contributed by atoms with Crippen molar-refractivity contribution in [2.24, 2.45) is 0 Å². The molecule has 0 saturated carbocycles. The second-order valence-electron chi connectivity index (χ2n) is 5.22. The summed E-state index contributed by atoms with van der Waals surface area (Å²) in [5.74, 6) is 0. The van der Waals surface area contributed by atoms with Crippen molar-refractivity contribution in [1.82, 2.24) is 15.2 Å². The molecule has 0 spiro atoms. The van der Waals surface area contributed by atoms with E-state index in [1.807, 2.05) is 13.1 Å². The fourth-order valence-corrected chi connectivity index (χ4v) is 3.62. The van der Waals surface area contributed by atoms with Crippen molar-refractivity contribution < 1.29 is 4.74 Å². The summed E-state index contributed by atoms with van der Waals surface area (Å²) >= 11 is 1.76. The van der Waals surface area contributed by atoms with Crippen LogP contribution in [0.15, 0.2) is 6.20 Å². The van der Waals surface area contributed by atoms with Crippen LogP contribution in [-0.4, -0.2) is 48.3 Å². The van der Waals surface area contributed by atoms with Crippen molar-refractivity contribution in [3.63, 3.8) is 0 Å². The van der Waals surface area contributed by atoms with E-state index in [1.54, 1.807) is 11.3 Å².